The Kier molecular flexibility index (Phi) is 38.4. The van der Waals surface area contributed by atoms with Crippen molar-refractivity contribution in [1.82, 2.24) is 0 Å². The molecule has 0 heterocycles. The van der Waals surface area contributed by atoms with Gasteiger partial charge in [-0.25, -0.2) is 43.3 Å². The molecule has 0 atom stereocenters. The molecular weight excluding hydrogens is 1510 g/mol. The van der Waals surface area contributed by atoms with Crippen molar-refractivity contribution in [2.24, 2.45) is 0 Å². The van der Waals surface area contributed by atoms with E-state index in [1.54, 1.807) is 49.4 Å². The number of rotatable bonds is 20. The van der Waals surface area contributed by atoms with Gasteiger partial charge in [-0.2, -0.15) is 0 Å². The number of ether oxygens (including phenoxy) is 3. The van der Waals surface area contributed by atoms with Gasteiger partial charge in [0.1, 0.15) is 34.1 Å². The van der Waals surface area contributed by atoms with Gasteiger partial charge in [0, 0.05) is 41.9 Å². The van der Waals surface area contributed by atoms with E-state index in [1.807, 2.05) is 13.8 Å². The number of sulfone groups is 3. The van der Waals surface area contributed by atoms with E-state index in [2.05, 4.69) is 29.1 Å². The summed E-state index contributed by atoms with van der Waals surface area (Å²) in [5.74, 6) is -3.18. The summed E-state index contributed by atoms with van der Waals surface area (Å²) in [6, 6.07) is 23.6. The molecule has 0 spiro atoms. The molecule has 2 aliphatic rings. The number of hydrogen-bond donors (Lipinski definition) is 2. The minimum absolute atomic E-state index is 0.0201. The van der Waals surface area contributed by atoms with E-state index < -0.39 is 95.7 Å². The van der Waals surface area contributed by atoms with Gasteiger partial charge >= 0.3 is 23.9 Å². The summed E-state index contributed by atoms with van der Waals surface area (Å²) >= 11 is 26.1. The standard InChI is InChI=1S/C23H31ClO6S.C13H20O4.C11H13ClO3S.C10H13ClO3S.C6H4Cl2O2S.C5H9BrO/c1-17(14-21(25)30-19-11-7-5-4-6-8-12-19)22(26)29-16-23(2,3)31(27,28)20-13-9-10-18(24)15-20;1-10(13(15)16)9-12(14)17-11-7-5-3-2-4-6-8-11;1-8(13)11(2,3)16(14,15)10-6-4-5-9(12)7-10;1-10(2,7-12)15(13,14)9-5-3-4-8(11)6-9;7-5-2-1-3-6(4-5)11(8,9)10;1-4(7)5(2,3)6/h9-10,13,15,19H,1,4-8,11-12,14,16H2,2-3H3;11H,1-9H2,(H,15,16);4-7H,1-3H3;3-6,12H,7H2,1-2H3;1-4H;1-3H3. The highest BCUT2D eigenvalue weighted by Crippen LogP contribution is 2.31. The van der Waals surface area contributed by atoms with Crippen molar-refractivity contribution in [3.8, 4) is 0 Å². The molecule has 0 aliphatic heterocycles. The lowest BCUT2D eigenvalue weighted by Gasteiger charge is -2.25. The molecule has 0 saturated heterocycles. The van der Waals surface area contributed by atoms with Crippen molar-refractivity contribution in [3.63, 3.8) is 0 Å². The number of carboxylic acids is 1. The maximum atomic E-state index is 12.9. The average Bonchev–Trinajstić information content (AvgIpc) is 0.791. The molecule has 4 aromatic rings. The number of esters is 3. The zero-order chi connectivity index (χ0) is 74.6. The fraction of sp³-hybridized carbons (Fsp3) is 0.500. The van der Waals surface area contributed by atoms with Crippen molar-refractivity contribution in [2.75, 3.05) is 13.2 Å². The van der Waals surface area contributed by atoms with Crippen LogP contribution >= 0.6 is 73.0 Å². The normalized spacial score (nSPS) is 14.4. The maximum Gasteiger partial charge on any atom is 0.334 e. The van der Waals surface area contributed by atoms with Crippen molar-refractivity contribution < 1.29 is 86.9 Å². The summed E-state index contributed by atoms with van der Waals surface area (Å²) in [6.45, 7) is 21.3. The molecule has 2 fully saturated rings. The van der Waals surface area contributed by atoms with E-state index in [9.17, 15) is 62.4 Å². The topological polar surface area (TPSA) is 307 Å². The van der Waals surface area contributed by atoms with E-state index in [4.69, 9.17) is 81.5 Å². The van der Waals surface area contributed by atoms with E-state index in [0.29, 0.717) is 20.1 Å². The van der Waals surface area contributed by atoms with Gasteiger partial charge in [0.25, 0.3) is 9.05 Å². The van der Waals surface area contributed by atoms with Gasteiger partial charge in [-0.15, -0.1) is 0 Å². The molecule has 2 N–H and O–H groups in total. The zero-order valence-electron chi connectivity index (χ0n) is 56.3. The first-order valence-corrected chi connectivity index (χ1v) is 39.8. The molecule has 2 saturated carbocycles. The summed E-state index contributed by atoms with van der Waals surface area (Å²) < 4.78 is 107. The molecule has 97 heavy (non-hydrogen) atoms. The molecule has 0 bridgehead atoms. The smallest absolute Gasteiger partial charge is 0.334 e. The van der Waals surface area contributed by atoms with Gasteiger partial charge in [0.15, 0.2) is 35.3 Å². The van der Waals surface area contributed by atoms with Crippen LogP contribution in [0.3, 0.4) is 0 Å². The number of alkyl halides is 1. The quantitative estimate of drug-likeness (QED) is 0.0273. The molecule has 0 unspecified atom stereocenters. The minimum atomic E-state index is -3.81. The van der Waals surface area contributed by atoms with E-state index >= 15 is 0 Å². The van der Waals surface area contributed by atoms with Crippen LogP contribution in [0.1, 0.15) is 172 Å². The predicted molar refractivity (Wildman–Crippen MR) is 385 cm³/mol. The van der Waals surface area contributed by atoms with Crippen LogP contribution in [0.5, 0.6) is 0 Å². The van der Waals surface area contributed by atoms with Gasteiger partial charge in [-0.3, -0.25) is 19.2 Å². The van der Waals surface area contributed by atoms with E-state index in [-0.39, 0.29) is 65.9 Å². The maximum absolute atomic E-state index is 12.9. The molecule has 19 nitrogen and oxygen atoms in total. The Morgan fingerprint density at radius 2 is 0.794 bits per heavy atom. The molecular formula is C68H90BrCl5O19S4. The van der Waals surface area contributed by atoms with Crippen LogP contribution in [0.4, 0.5) is 0 Å². The highest BCUT2D eigenvalue weighted by Gasteiger charge is 2.41. The monoisotopic (exact) mass is 1590 g/mol. The van der Waals surface area contributed by atoms with Crippen molar-refractivity contribution in [3.05, 3.63) is 141 Å². The number of Topliss-reactive ketones (excluding diaryl/α,β-unsaturated/α-hetero) is 2. The Balaban J connectivity index is 0.000000617. The van der Waals surface area contributed by atoms with Crippen LogP contribution in [-0.2, 0) is 81.5 Å². The second-order valence-electron chi connectivity index (χ2n) is 24.9. The second-order valence-corrected chi connectivity index (χ2v) is 38.9. The number of carbonyl (C=O) groups excluding carboxylic acids is 5. The fourth-order valence-corrected chi connectivity index (χ4v) is 14.2. The van der Waals surface area contributed by atoms with Crippen LogP contribution < -0.4 is 0 Å². The second kappa shape index (κ2) is 41.3. The number of carbonyl (C=O) groups is 6. The number of ketones is 2. The number of halogens is 6. The zero-order valence-corrected chi connectivity index (χ0v) is 64.9. The Hall–Kier alpha value is -4.73. The first-order chi connectivity index (χ1) is 44.6. The number of aliphatic carboxylic acids is 1. The first kappa shape index (κ1) is 90.3. The molecule has 0 radical (unpaired) electrons. The number of benzene rings is 4. The molecule has 0 amide bonds. The summed E-state index contributed by atoms with van der Waals surface area (Å²) in [7, 11) is -9.65. The molecule has 2 aliphatic carbocycles. The van der Waals surface area contributed by atoms with Crippen molar-refractivity contribution in [2.45, 2.75) is 222 Å². The van der Waals surface area contributed by atoms with Crippen molar-refractivity contribution >= 4 is 147 Å². The summed E-state index contributed by atoms with van der Waals surface area (Å²) in [6.07, 6.45) is 14.1. The predicted octanol–water partition coefficient (Wildman–Crippen LogP) is 16.1. The largest absolute Gasteiger partial charge is 0.478 e. The van der Waals surface area contributed by atoms with Crippen molar-refractivity contribution in [1.29, 1.82) is 0 Å². The summed E-state index contributed by atoms with van der Waals surface area (Å²) in [5.41, 5.74) is -0.173. The third-order valence-corrected chi connectivity index (χ3v) is 25.4. The Morgan fingerprint density at radius 3 is 1.08 bits per heavy atom. The third kappa shape index (κ3) is 31.8. The van der Waals surface area contributed by atoms with Gasteiger partial charge in [0.05, 0.1) is 48.1 Å². The van der Waals surface area contributed by atoms with Crippen LogP contribution in [0.15, 0.2) is 141 Å². The Labute approximate surface area is 606 Å². The number of carboxylic acid groups (broad SMARTS) is 1. The fourth-order valence-electron chi connectivity index (χ4n) is 8.17. The van der Waals surface area contributed by atoms with E-state index in [1.165, 1.54) is 129 Å². The Morgan fingerprint density at radius 1 is 0.495 bits per heavy atom. The van der Waals surface area contributed by atoms with E-state index in [0.717, 1.165) is 64.2 Å². The number of aliphatic hydroxyl groups is 1. The number of aliphatic hydroxyl groups excluding tert-OH is 1. The SMILES string of the molecule is C=C(CC(=O)OC1CCCCCCC1)C(=O)O.C=C(CC(=O)OC1CCCCCCC1)C(=O)OCC(C)(C)S(=O)(=O)c1cccc(Cl)c1.CC(=O)C(C)(C)Br.CC(=O)C(C)(C)S(=O)(=O)c1cccc(Cl)c1.CC(C)(CO)S(=O)(=O)c1cccc(Cl)c1.O=S(=O)(Cl)c1cccc(Cl)c1. The summed E-state index contributed by atoms with van der Waals surface area (Å²) in [4.78, 5) is 68.5. The van der Waals surface area contributed by atoms with Crippen LogP contribution in [0.25, 0.3) is 0 Å². The highest BCUT2D eigenvalue weighted by molar-refractivity contribution is 9.10. The van der Waals surface area contributed by atoms with Crippen LogP contribution in [0, 0.1) is 0 Å². The lowest BCUT2D eigenvalue weighted by molar-refractivity contribution is -0.151. The molecule has 0 aromatic heterocycles. The average molecular weight is 1600 g/mol. The third-order valence-electron chi connectivity index (χ3n) is 15.1. The molecule has 6 rings (SSSR count). The van der Waals surface area contributed by atoms with Crippen LogP contribution in [0.2, 0.25) is 20.1 Å². The summed E-state index contributed by atoms with van der Waals surface area (Å²) in [5, 5.41) is 19.0. The lowest BCUT2D eigenvalue weighted by atomic mass is 9.98. The van der Waals surface area contributed by atoms with Gasteiger partial charge < -0.3 is 24.4 Å². The van der Waals surface area contributed by atoms with Crippen LogP contribution in [-0.4, -0.2) is 123 Å². The highest BCUT2D eigenvalue weighted by atomic mass is 79.9. The minimum Gasteiger partial charge on any atom is -0.478 e. The Bertz CT molecular complexity index is 3800. The lowest BCUT2D eigenvalue weighted by Crippen LogP contribution is -2.39. The number of hydrogen-bond acceptors (Lipinski definition) is 18. The first-order valence-electron chi connectivity index (χ1n) is 30.7. The molecule has 542 valence electrons. The molecule has 4 aromatic carbocycles. The molecule has 29 heteroatoms. The van der Waals surface area contributed by atoms with Gasteiger partial charge in [-0.05, 0) is 193 Å². The van der Waals surface area contributed by atoms with Gasteiger partial charge in [0.2, 0.25) is 0 Å². The van der Waals surface area contributed by atoms with Gasteiger partial charge in [-0.1, -0.05) is 138 Å².